The van der Waals surface area contributed by atoms with Crippen LogP contribution >= 0.6 is 11.3 Å². The van der Waals surface area contributed by atoms with E-state index in [0.29, 0.717) is 17.7 Å². The minimum Gasteiger partial charge on any atom is -0.326 e. The third kappa shape index (κ3) is 6.03. The monoisotopic (exact) mass is 474 g/mol. The maximum atomic E-state index is 12.9. The van der Waals surface area contributed by atoms with E-state index in [4.69, 9.17) is 0 Å². The molecule has 3 aromatic rings. The molecule has 2 heterocycles. The lowest BCUT2D eigenvalue weighted by atomic mass is 10.1. The molecule has 168 valence electrons. The summed E-state index contributed by atoms with van der Waals surface area (Å²) in [6.07, 6.45) is -9.18. The van der Waals surface area contributed by atoms with E-state index < -0.39 is 41.0 Å². The zero-order valence-electron chi connectivity index (χ0n) is 15.7. The van der Waals surface area contributed by atoms with Gasteiger partial charge >= 0.3 is 12.4 Å². The van der Waals surface area contributed by atoms with E-state index in [2.05, 4.69) is 15.3 Å². The lowest BCUT2D eigenvalue weighted by Gasteiger charge is -2.14. The van der Waals surface area contributed by atoms with E-state index in [1.54, 1.807) is 0 Å². The Labute approximate surface area is 180 Å². The Morgan fingerprint density at radius 2 is 1.56 bits per heavy atom. The minimum absolute atomic E-state index is 0.0296. The van der Waals surface area contributed by atoms with Gasteiger partial charge in [0.25, 0.3) is 5.91 Å². The van der Waals surface area contributed by atoms with Crippen LogP contribution in [0.5, 0.6) is 0 Å². The van der Waals surface area contributed by atoms with Crippen LogP contribution in [0.1, 0.15) is 27.2 Å². The first-order valence-electron chi connectivity index (χ1n) is 8.65. The van der Waals surface area contributed by atoms with Crippen molar-refractivity contribution in [2.75, 3.05) is 10.6 Å². The number of benzene rings is 1. The van der Waals surface area contributed by atoms with Crippen LogP contribution in [0.25, 0.3) is 0 Å². The van der Waals surface area contributed by atoms with Crippen LogP contribution in [0.2, 0.25) is 0 Å². The van der Waals surface area contributed by atoms with Gasteiger partial charge in [-0.2, -0.15) is 26.3 Å². The highest BCUT2D eigenvalue weighted by Crippen LogP contribution is 2.37. The molecule has 0 atom stereocenters. The summed E-state index contributed by atoms with van der Waals surface area (Å²) in [5.74, 6) is -1.17. The molecule has 0 aliphatic heterocycles. The van der Waals surface area contributed by atoms with Crippen LogP contribution < -0.4 is 10.6 Å². The number of amides is 2. The molecule has 0 aliphatic carbocycles. The standard InChI is InChI=1S/C19H12F6N4O2S/c20-18(21,22)11-4-12(19(23,24)25)6-13(5-11)28-16(30)3-10-1-2-15(26-7-10)29-17(31)14-8-32-9-27-14/h1-2,4-9H,3H2,(H,28,30)(H,26,29,31). The minimum atomic E-state index is -5.02. The molecule has 0 bridgehead atoms. The van der Waals surface area contributed by atoms with Crippen LogP contribution in [0.4, 0.5) is 37.8 Å². The normalized spacial score (nSPS) is 11.8. The van der Waals surface area contributed by atoms with Gasteiger partial charge < -0.3 is 10.6 Å². The van der Waals surface area contributed by atoms with Crippen LogP contribution in [0.15, 0.2) is 47.4 Å². The largest absolute Gasteiger partial charge is 0.416 e. The van der Waals surface area contributed by atoms with Crippen LogP contribution in [-0.2, 0) is 23.6 Å². The van der Waals surface area contributed by atoms with Gasteiger partial charge in [-0.05, 0) is 29.8 Å². The number of alkyl halides is 6. The highest BCUT2D eigenvalue weighted by molar-refractivity contribution is 7.07. The molecular weight excluding hydrogens is 462 g/mol. The number of pyridine rings is 1. The van der Waals surface area contributed by atoms with Crippen molar-refractivity contribution in [2.45, 2.75) is 18.8 Å². The molecule has 0 fully saturated rings. The maximum absolute atomic E-state index is 12.9. The molecule has 3 rings (SSSR count). The molecule has 13 heteroatoms. The zero-order chi connectivity index (χ0) is 23.5. The van der Waals surface area contributed by atoms with Crippen molar-refractivity contribution in [1.29, 1.82) is 0 Å². The SMILES string of the molecule is O=C(Cc1ccc(NC(=O)c2cscn2)nc1)Nc1cc(C(F)(F)F)cc(C(F)(F)F)c1. The van der Waals surface area contributed by atoms with Crippen molar-refractivity contribution >= 4 is 34.7 Å². The van der Waals surface area contributed by atoms with Gasteiger partial charge in [0.15, 0.2) is 0 Å². The quantitative estimate of drug-likeness (QED) is 0.510. The third-order valence-electron chi connectivity index (χ3n) is 3.97. The molecular formula is C19H12F6N4O2S. The van der Waals surface area contributed by atoms with Crippen LogP contribution in [0, 0.1) is 0 Å². The molecule has 0 aliphatic rings. The number of halogens is 6. The lowest BCUT2D eigenvalue weighted by Crippen LogP contribution is -2.17. The second kappa shape index (κ2) is 8.94. The van der Waals surface area contributed by atoms with Crippen LogP contribution in [-0.4, -0.2) is 21.8 Å². The molecule has 0 saturated carbocycles. The number of hydrogen-bond donors (Lipinski definition) is 2. The van der Waals surface area contributed by atoms with Gasteiger partial charge in [0.05, 0.1) is 23.1 Å². The zero-order valence-corrected chi connectivity index (χ0v) is 16.5. The number of rotatable bonds is 5. The smallest absolute Gasteiger partial charge is 0.326 e. The van der Waals surface area contributed by atoms with Gasteiger partial charge in [-0.3, -0.25) is 9.59 Å². The summed E-state index contributed by atoms with van der Waals surface area (Å²) >= 11 is 1.23. The van der Waals surface area contributed by atoms with Crippen molar-refractivity contribution in [1.82, 2.24) is 9.97 Å². The average Bonchev–Trinajstić information content (AvgIpc) is 3.23. The van der Waals surface area contributed by atoms with Gasteiger partial charge in [0.2, 0.25) is 5.91 Å². The molecule has 6 nitrogen and oxygen atoms in total. The van der Waals surface area contributed by atoms with E-state index in [-0.39, 0.29) is 24.0 Å². The first kappa shape index (κ1) is 23.2. The average molecular weight is 474 g/mol. The summed E-state index contributed by atoms with van der Waals surface area (Å²) in [5.41, 5.74) is -1.73. The second-order valence-corrected chi connectivity index (χ2v) is 7.12. The molecule has 2 amide bonds. The number of carbonyl (C=O) groups excluding carboxylic acids is 2. The molecule has 0 spiro atoms. The van der Waals surface area contributed by atoms with E-state index in [1.807, 2.05) is 5.32 Å². The van der Waals surface area contributed by atoms with E-state index in [0.717, 1.165) is 0 Å². The first-order chi connectivity index (χ1) is 14.9. The first-order valence-corrected chi connectivity index (χ1v) is 9.60. The molecule has 32 heavy (non-hydrogen) atoms. The van der Waals surface area contributed by atoms with Gasteiger partial charge in [0.1, 0.15) is 11.5 Å². The summed E-state index contributed by atoms with van der Waals surface area (Å²) in [6.45, 7) is 0. The fourth-order valence-corrected chi connectivity index (χ4v) is 3.06. The Hall–Kier alpha value is -3.48. The van der Waals surface area contributed by atoms with Crippen LogP contribution in [0.3, 0.4) is 0 Å². The van der Waals surface area contributed by atoms with Crippen molar-refractivity contribution < 1.29 is 35.9 Å². The predicted octanol–water partition coefficient (Wildman–Crippen LogP) is 5.01. The topological polar surface area (TPSA) is 84.0 Å². The fraction of sp³-hybridized carbons (Fsp3) is 0.158. The van der Waals surface area contributed by atoms with Gasteiger partial charge in [-0.25, -0.2) is 9.97 Å². The van der Waals surface area contributed by atoms with Crippen molar-refractivity contribution in [2.24, 2.45) is 0 Å². The van der Waals surface area contributed by atoms with Crippen molar-refractivity contribution in [3.05, 3.63) is 69.8 Å². The molecule has 0 unspecified atom stereocenters. The molecule has 0 radical (unpaired) electrons. The molecule has 0 saturated heterocycles. The Kier molecular flexibility index (Phi) is 6.48. The van der Waals surface area contributed by atoms with E-state index in [1.165, 1.54) is 40.6 Å². The summed E-state index contributed by atoms with van der Waals surface area (Å²) in [7, 11) is 0. The fourth-order valence-electron chi connectivity index (χ4n) is 2.53. The number of nitrogens with zero attached hydrogens (tertiary/aromatic N) is 2. The van der Waals surface area contributed by atoms with Gasteiger partial charge in [-0.15, -0.1) is 11.3 Å². The summed E-state index contributed by atoms with van der Waals surface area (Å²) < 4.78 is 77.5. The van der Waals surface area contributed by atoms with Crippen molar-refractivity contribution in [3.63, 3.8) is 0 Å². The number of thiazole rings is 1. The highest BCUT2D eigenvalue weighted by Gasteiger charge is 2.37. The number of aromatic nitrogens is 2. The summed E-state index contributed by atoms with van der Waals surface area (Å²) in [6, 6.07) is 3.62. The van der Waals surface area contributed by atoms with Gasteiger partial charge in [-0.1, -0.05) is 6.07 Å². The Morgan fingerprint density at radius 3 is 2.06 bits per heavy atom. The number of carbonyl (C=O) groups is 2. The molecule has 2 N–H and O–H groups in total. The maximum Gasteiger partial charge on any atom is 0.416 e. The van der Waals surface area contributed by atoms with Crippen molar-refractivity contribution in [3.8, 4) is 0 Å². The predicted molar refractivity (Wildman–Crippen MR) is 103 cm³/mol. The lowest BCUT2D eigenvalue weighted by molar-refractivity contribution is -0.143. The Balaban J connectivity index is 1.68. The third-order valence-corrected chi connectivity index (χ3v) is 4.55. The Bertz CT molecular complexity index is 1080. The highest BCUT2D eigenvalue weighted by atomic mass is 32.1. The summed E-state index contributed by atoms with van der Waals surface area (Å²) in [4.78, 5) is 31.8. The molecule has 1 aromatic carbocycles. The number of nitrogens with one attached hydrogen (secondary N) is 2. The summed E-state index contributed by atoms with van der Waals surface area (Å²) in [5, 5.41) is 6.06. The van der Waals surface area contributed by atoms with Gasteiger partial charge in [0, 0.05) is 17.3 Å². The Morgan fingerprint density at radius 1 is 0.906 bits per heavy atom. The number of anilines is 2. The number of hydrogen-bond acceptors (Lipinski definition) is 5. The second-order valence-electron chi connectivity index (χ2n) is 6.40. The molecule has 2 aromatic heterocycles. The van der Waals surface area contributed by atoms with E-state index in [9.17, 15) is 35.9 Å². The van der Waals surface area contributed by atoms with E-state index >= 15 is 0 Å².